The minimum atomic E-state index is -0.105. The van der Waals surface area contributed by atoms with Gasteiger partial charge in [0.2, 0.25) is 0 Å². The molecule has 1 unspecified atom stereocenters. The average molecular weight is 223 g/mol. The van der Waals surface area contributed by atoms with Crippen LogP contribution in [0.15, 0.2) is 0 Å². The maximum atomic E-state index is 11.3. The van der Waals surface area contributed by atoms with Crippen LogP contribution in [0, 0.1) is 11.3 Å². The zero-order chi connectivity index (χ0) is 11.6. The summed E-state index contributed by atoms with van der Waals surface area (Å²) in [6, 6.07) is 0.803. The lowest BCUT2D eigenvalue weighted by Crippen LogP contribution is -2.39. The van der Waals surface area contributed by atoms with E-state index in [1.807, 2.05) is 0 Å². The van der Waals surface area contributed by atoms with E-state index < -0.39 is 0 Å². The molecular formula is C14H25NO. The summed E-state index contributed by atoms with van der Waals surface area (Å²) in [6.07, 6.45) is 8.87. The summed E-state index contributed by atoms with van der Waals surface area (Å²) in [6.45, 7) is 6.54. The maximum Gasteiger partial charge on any atom is 0.127 e. The molecule has 0 heterocycles. The molecule has 0 aromatic heterocycles. The van der Waals surface area contributed by atoms with Crippen LogP contribution in [0.1, 0.15) is 52.4 Å². The van der Waals surface area contributed by atoms with Crippen molar-refractivity contribution in [2.75, 3.05) is 13.1 Å². The summed E-state index contributed by atoms with van der Waals surface area (Å²) < 4.78 is 0. The number of rotatable bonds is 8. The van der Waals surface area contributed by atoms with Crippen LogP contribution in [-0.4, -0.2) is 30.3 Å². The average Bonchev–Trinajstić information content (AvgIpc) is 3.10. The third-order valence-corrected chi connectivity index (χ3v) is 3.92. The third-order valence-electron chi connectivity index (χ3n) is 3.92. The monoisotopic (exact) mass is 223 g/mol. The number of hydrogen-bond acceptors (Lipinski definition) is 2. The van der Waals surface area contributed by atoms with E-state index in [2.05, 4.69) is 18.7 Å². The lowest BCUT2D eigenvalue weighted by molar-refractivity contribution is -0.117. The Morgan fingerprint density at radius 2 is 2.00 bits per heavy atom. The van der Waals surface area contributed by atoms with Crippen LogP contribution in [0.3, 0.4) is 0 Å². The maximum absolute atomic E-state index is 11.3. The zero-order valence-corrected chi connectivity index (χ0v) is 10.7. The summed E-state index contributed by atoms with van der Waals surface area (Å²) in [5.74, 6) is 0.943. The highest BCUT2D eigenvalue weighted by Gasteiger charge is 2.37. The van der Waals surface area contributed by atoms with Gasteiger partial charge < -0.3 is 4.79 Å². The van der Waals surface area contributed by atoms with Crippen molar-refractivity contribution in [2.24, 2.45) is 11.3 Å². The summed E-state index contributed by atoms with van der Waals surface area (Å²) in [5.41, 5.74) is -0.105. The molecule has 2 aliphatic carbocycles. The first-order valence-corrected chi connectivity index (χ1v) is 6.87. The van der Waals surface area contributed by atoms with Gasteiger partial charge in [-0.1, -0.05) is 20.3 Å². The predicted octanol–water partition coefficient (Wildman–Crippen LogP) is 2.87. The lowest BCUT2D eigenvalue weighted by Gasteiger charge is -2.31. The summed E-state index contributed by atoms with van der Waals surface area (Å²) in [5, 5.41) is 0. The Labute approximate surface area is 99.4 Å². The van der Waals surface area contributed by atoms with Crippen molar-refractivity contribution in [3.63, 3.8) is 0 Å². The summed E-state index contributed by atoms with van der Waals surface area (Å²) >= 11 is 0. The predicted molar refractivity (Wildman–Crippen MR) is 66.4 cm³/mol. The Morgan fingerprint density at radius 1 is 1.31 bits per heavy atom. The van der Waals surface area contributed by atoms with E-state index in [-0.39, 0.29) is 5.41 Å². The molecule has 2 rings (SSSR count). The van der Waals surface area contributed by atoms with Crippen molar-refractivity contribution < 1.29 is 4.79 Å². The second-order valence-corrected chi connectivity index (χ2v) is 6.13. The van der Waals surface area contributed by atoms with Gasteiger partial charge in [-0.2, -0.15) is 0 Å². The number of carbonyl (C=O) groups excluding carboxylic acids is 1. The minimum absolute atomic E-state index is 0.105. The van der Waals surface area contributed by atoms with E-state index in [9.17, 15) is 4.79 Å². The van der Waals surface area contributed by atoms with E-state index in [1.165, 1.54) is 38.5 Å². The van der Waals surface area contributed by atoms with Crippen molar-refractivity contribution in [1.29, 1.82) is 0 Å². The largest absolute Gasteiger partial charge is 0.303 e. The molecule has 0 aromatic carbocycles. The Bertz CT molecular complexity index is 245. The molecule has 0 N–H and O–H groups in total. The fourth-order valence-corrected chi connectivity index (χ4v) is 2.62. The Balaban J connectivity index is 1.88. The van der Waals surface area contributed by atoms with Gasteiger partial charge in [0.1, 0.15) is 6.29 Å². The number of nitrogens with zero attached hydrogens (tertiary/aromatic N) is 1. The fourth-order valence-electron chi connectivity index (χ4n) is 2.62. The molecule has 0 aliphatic heterocycles. The molecule has 2 saturated carbocycles. The van der Waals surface area contributed by atoms with Crippen molar-refractivity contribution in [1.82, 2.24) is 4.90 Å². The molecule has 0 radical (unpaired) electrons. The van der Waals surface area contributed by atoms with Crippen molar-refractivity contribution >= 4 is 6.29 Å². The van der Waals surface area contributed by atoms with Crippen LogP contribution in [-0.2, 0) is 4.79 Å². The molecule has 16 heavy (non-hydrogen) atoms. The van der Waals surface area contributed by atoms with Gasteiger partial charge in [-0.05, 0) is 38.0 Å². The minimum Gasteiger partial charge on any atom is -0.303 e. The third kappa shape index (κ3) is 3.31. The van der Waals surface area contributed by atoms with E-state index >= 15 is 0 Å². The van der Waals surface area contributed by atoms with Gasteiger partial charge in [0.25, 0.3) is 0 Å². The van der Waals surface area contributed by atoms with Gasteiger partial charge in [-0.3, -0.25) is 4.90 Å². The van der Waals surface area contributed by atoms with Gasteiger partial charge in [0.15, 0.2) is 0 Å². The first-order chi connectivity index (χ1) is 7.67. The van der Waals surface area contributed by atoms with E-state index in [1.54, 1.807) is 0 Å². The first-order valence-electron chi connectivity index (χ1n) is 6.87. The highest BCUT2D eigenvalue weighted by atomic mass is 16.1. The normalized spacial score (nSPS) is 24.4. The molecule has 0 aromatic rings. The second kappa shape index (κ2) is 4.87. The SMILES string of the molecule is CCCC(C)(C=O)CN(CC1CC1)C1CC1. The van der Waals surface area contributed by atoms with Crippen molar-refractivity contribution in [3.05, 3.63) is 0 Å². The Kier molecular flexibility index (Phi) is 3.68. The van der Waals surface area contributed by atoms with Crippen LogP contribution in [0.2, 0.25) is 0 Å². The molecule has 1 atom stereocenters. The van der Waals surface area contributed by atoms with Gasteiger partial charge in [0, 0.05) is 24.5 Å². The standard InChI is InChI=1S/C14H25NO/c1-3-8-14(2,11-16)10-15(13-6-7-13)9-12-4-5-12/h11-13H,3-10H2,1-2H3. The van der Waals surface area contributed by atoms with Crippen molar-refractivity contribution in [3.8, 4) is 0 Å². The molecule has 0 spiro atoms. The van der Waals surface area contributed by atoms with Gasteiger partial charge in [-0.15, -0.1) is 0 Å². The van der Waals surface area contributed by atoms with Crippen LogP contribution in [0.4, 0.5) is 0 Å². The van der Waals surface area contributed by atoms with Crippen LogP contribution < -0.4 is 0 Å². The summed E-state index contributed by atoms with van der Waals surface area (Å²) in [7, 11) is 0. The highest BCUT2D eigenvalue weighted by Crippen LogP contribution is 2.37. The molecule has 2 nitrogen and oxygen atoms in total. The fraction of sp³-hybridized carbons (Fsp3) is 0.929. The molecule has 0 bridgehead atoms. The second-order valence-electron chi connectivity index (χ2n) is 6.13. The first kappa shape index (κ1) is 12.1. The lowest BCUT2D eigenvalue weighted by atomic mass is 9.86. The topological polar surface area (TPSA) is 20.3 Å². The van der Waals surface area contributed by atoms with Crippen LogP contribution in [0.5, 0.6) is 0 Å². The van der Waals surface area contributed by atoms with Gasteiger partial charge in [0.05, 0.1) is 0 Å². The highest BCUT2D eigenvalue weighted by molar-refractivity contribution is 5.59. The number of carbonyl (C=O) groups is 1. The molecule has 2 fully saturated rings. The van der Waals surface area contributed by atoms with Gasteiger partial charge in [-0.25, -0.2) is 0 Å². The quantitative estimate of drug-likeness (QED) is 0.590. The molecule has 2 heteroatoms. The molecule has 0 saturated heterocycles. The molecule has 2 aliphatic rings. The van der Waals surface area contributed by atoms with E-state index in [4.69, 9.17) is 0 Å². The molecular weight excluding hydrogens is 198 g/mol. The van der Waals surface area contributed by atoms with Crippen LogP contribution >= 0.6 is 0 Å². The van der Waals surface area contributed by atoms with Crippen LogP contribution in [0.25, 0.3) is 0 Å². The van der Waals surface area contributed by atoms with E-state index in [0.29, 0.717) is 0 Å². The summed E-state index contributed by atoms with van der Waals surface area (Å²) in [4.78, 5) is 13.9. The number of hydrogen-bond donors (Lipinski definition) is 0. The van der Waals surface area contributed by atoms with Gasteiger partial charge >= 0.3 is 0 Å². The Hall–Kier alpha value is -0.370. The van der Waals surface area contributed by atoms with E-state index in [0.717, 1.165) is 31.3 Å². The zero-order valence-electron chi connectivity index (χ0n) is 10.7. The number of aldehydes is 1. The van der Waals surface area contributed by atoms with Crippen molar-refractivity contribution in [2.45, 2.75) is 58.4 Å². The Morgan fingerprint density at radius 3 is 2.44 bits per heavy atom. The molecule has 0 amide bonds. The smallest absolute Gasteiger partial charge is 0.127 e. The molecule has 92 valence electrons.